The molecule has 8 aliphatic rings. The van der Waals surface area contributed by atoms with Crippen molar-refractivity contribution in [1.82, 2.24) is 4.90 Å². The van der Waals surface area contributed by atoms with Crippen molar-refractivity contribution in [2.75, 3.05) is 0 Å². The smallest absolute Gasteiger partial charge is 0.0557 e. The molecule has 1 aromatic heterocycles. The van der Waals surface area contributed by atoms with Crippen LogP contribution in [0, 0.1) is 11.8 Å². The molecular weight excluding hydrogens is 703 g/mol. The van der Waals surface area contributed by atoms with Gasteiger partial charge in [0.2, 0.25) is 0 Å². The monoisotopic (exact) mass is 749 g/mol. The summed E-state index contributed by atoms with van der Waals surface area (Å²) in [5.41, 5.74) is 11.8. The van der Waals surface area contributed by atoms with Crippen molar-refractivity contribution in [3.05, 3.63) is 186 Å². The number of hydrogen-bond acceptors (Lipinski definition) is 3. The van der Waals surface area contributed by atoms with Gasteiger partial charge in [-0.05, 0) is 119 Å². The van der Waals surface area contributed by atoms with E-state index in [0.717, 1.165) is 57.8 Å². The van der Waals surface area contributed by atoms with Gasteiger partial charge in [0.25, 0.3) is 0 Å². The maximum Gasteiger partial charge on any atom is 0.0557 e. The molecular formula is C52H47NS2. The highest BCUT2D eigenvalue weighted by Crippen LogP contribution is 2.50. The van der Waals surface area contributed by atoms with Crippen LogP contribution in [0.3, 0.4) is 0 Å². The Labute approximate surface area is 333 Å². The molecule has 3 aromatic rings. The van der Waals surface area contributed by atoms with Crippen LogP contribution in [0.4, 0.5) is 0 Å². The molecule has 1 aliphatic heterocycles. The van der Waals surface area contributed by atoms with Crippen molar-refractivity contribution in [2.24, 2.45) is 11.8 Å². The molecule has 2 heterocycles. The number of fused-ring (bicyclic) bond motifs is 7. The van der Waals surface area contributed by atoms with Gasteiger partial charge in [0, 0.05) is 44.2 Å². The van der Waals surface area contributed by atoms with E-state index in [-0.39, 0.29) is 6.04 Å². The lowest BCUT2D eigenvalue weighted by Gasteiger charge is -2.38. The number of benzene rings is 2. The molecule has 0 fully saturated rings. The van der Waals surface area contributed by atoms with Gasteiger partial charge in [0.15, 0.2) is 0 Å². The second kappa shape index (κ2) is 14.2. The van der Waals surface area contributed by atoms with Gasteiger partial charge in [-0.15, -0.1) is 23.1 Å². The van der Waals surface area contributed by atoms with Crippen molar-refractivity contribution in [1.29, 1.82) is 0 Å². The number of hydrogen-bond donors (Lipinski definition) is 0. The van der Waals surface area contributed by atoms with Crippen molar-refractivity contribution in [2.45, 2.75) is 79.9 Å². The second-order valence-corrected chi connectivity index (χ2v) is 18.5. The second-order valence-electron chi connectivity index (χ2n) is 16.2. The number of allylic oxidation sites excluding steroid dienone is 14. The van der Waals surface area contributed by atoms with Gasteiger partial charge in [-0.2, -0.15) is 0 Å². The maximum absolute atomic E-state index is 2.77. The molecule has 0 saturated heterocycles. The summed E-state index contributed by atoms with van der Waals surface area (Å²) in [5.74, 6) is 1.33. The van der Waals surface area contributed by atoms with Crippen LogP contribution < -0.4 is 20.2 Å². The van der Waals surface area contributed by atoms with E-state index in [1.807, 2.05) is 11.8 Å². The van der Waals surface area contributed by atoms with Gasteiger partial charge >= 0.3 is 0 Å². The standard InChI is InChI=1S/C52H47NS2/c1-2-11-37(12-3-1)43-15-8-16-45-46-17-9-18-48(52(46)55-51(43)45)53(41-27-22-35(23-28-41)39-21-20-34-10-4-5-13-38(34)32-39)42-29-24-36(25-30-42)40-26-31-50-47(33-40)44-14-6-7-19-49(44)54-50/h2,4-7,10-15,17,19-20,22-24,26-27,29-33,36,39,41,47,50H,1,3,8-9,16,18,21,25,28H2. The number of rotatable bonds is 6. The Kier molecular flexibility index (Phi) is 8.70. The first-order valence-electron chi connectivity index (χ1n) is 20.7. The van der Waals surface area contributed by atoms with E-state index in [4.69, 9.17) is 0 Å². The molecule has 0 bridgehead atoms. The van der Waals surface area contributed by atoms with Crippen LogP contribution in [0.5, 0.6) is 0 Å². The average Bonchev–Trinajstić information content (AvgIpc) is 3.83. The lowest BCUT2D eigenvalue weighted by atomic mass is 9.82. The van der Waals surface area contributed by atoms with Crippen LogP contribution in [0.1, 0.15) is 73.3 Å². The SMILES string of the molecule is C1=CC(C2=CCCc3c2sc2c3=CCCC=2N(C2=CCC(C3=CC4c5ccccc5SC4C=C3)C=C2)C2C=CC(C3C=c4ccccc4=CC3)=CC2)=CCC1. The van der Waals surface area contributed by atoms with Crippen LogP contribution in [0.25, 0.3) is 29.5 Å². The van der Waals surface area contributed by atoms with Crippen molar-refractivity contribution in [3.63, 3.8) is 0 Å². The van der Waals surface area contributed by atoms with E-state index in [1.54, 1.807) is 5.56 Å². The quantitative estimate of drug-likeness (QED) is 0.247. The molecule has 1 nitrogen and oxygen atoms in total. The van der Waals surface area contributed by atoms with Gasteiger partial charge < -0.3 is 4.90 Å². The van der Waals surface area contributed by atoms with Crippen LogP contribution in [-0.2, 0) is 6.42 Å². The zero-order valence-corrected chi connectivity index (χ0v) is 33.0. The fourth-order valence-corrected chi connectivity index (χ4v) is 13.0. The minimum Gasteiger partial charge on any atom is -0.337 e. The molecule has 272 valence electrons. The lowest BCUT2D eigenvalue weighted by Crippen LogP contribution is -2.40. The topological polar surface area (TPSA) is 3.24 Å². The van der Waals surface area contributed by atoms with Crippen molar-refractivity contribution < 1.29 is 0 Å². The highest BCUT2D eigenvalue weighted by atomic mass is 32.2. The Bertz CT molecular complexity index is 2640. The molecule has 0 amide bonds. The summed E-state index contributed by atoms with van der Waals surface area (Å²) in [6.07, 6.45) is 49.7. The minimum atomic E-state index is 0.289. The first-order chi connectivity index (χ1) is 27.2. The fraction of sp³-hybridized carbons (Fsp3) is 0.269. The predicted molar refractivity (Wildman–Crippen MR) is 235 cm³/mol. The summed E-state index contributed by atoms with van der Waals surface area (Å²) < 4.78 is 1.51. The molecule has 0 saturated carbocycles. The summed E-state index contributed by atoms with van der Waals surface area (Å²) in [6.45, 7) is 0. The molecule has 11 rings (SSSR count). The summed E-state index contributed by atoms with van der Waals surface area (Å²) in [5, 5.41) is 4.79. The van der Waals surface area contributed by atoms with E-state index in [1.165, 1.54) is 69.2 Å². The molecule has 5 atom stereocenters. The van der Waals surface area contributed by atoms with Crippen LogP contribution in [-0.4, -0.2) is 16.2 Å². The number of thioether (sulfide) groups is 1. The molecule has 0 radical (unpaired) electrons. The summed E-state index contributed by atoms with van der Waals surface area (Å²) in [7, 11) is 0. The van der Waals surface area contributed by atoms with Gasteiger partial charge in [-0.25, -0.2) is 0 Å². The van der Waals surface area contributed by atoms with Crippen molar-refractivity contribution in [3.8, 4) is 0 Å². The third-order valence-corrected chi connectivity index (χ3v) is 15.7. The lowest BCUT2D eigenvalue weighted by molar-refractivity contribution is 0.403. The average molecular weight is 750 g/mol. The molecule has 5 unspecified atom stereocenters. The molecule has 0 N–H and O–H groups in total. The van der Waals surface area contributed by atoms with Crippen molar-refractivity contribution >= 4 is 52.6 Å². The Balaban J connectivity index is 0.950. The van der Waals surface area contributed by atoms with Crippen LogP contribution >= 0.6 is 23.1 Å². The van der Waals surface area contributed by atoms with Crippen LogP contribution in [0.2, 0.25) is 0 Å². The fourth-order valence-electron chi connectivity index (χ4n) is 10.2. The van der Waals surface area contributed by atoms with E-state index in [2.05, 4.69) is 162 Å². The molecule has 55 heavy (non-hydrogen) atoms. The van der Waals surface area contributed by atoms with E-state index < -0.39 is 0 Å². The third-order valence-electron chi connectivity index (χ3n) is 13.0. The van der Waals surface area contributed by atoms with E-state index >= 15 is 0 Å². The molecule has 3 heteroatoms. The van der Waals surface area contributed by atoms with Gasteiger partial charge in [-0.1, -0.05) is 134 Å². The molecule has 2 aromatic carbocycles. The third kappa shape index (κ3) is 6.06. The van der Waals surface area contributed by atoms with E-state index in [9.17, 15) is 0 Å². The Hall–Kier alpha value is -4.57. The van der Waals surface area contributed by atoms with Crippen LogP contribution in [0.15, 0.2) is 155 Å². The number of thiophene rings is 1. The van der Waals surface area contributed by atoms with Gasteiger partial charge in [0.05, 0.1) is 10.6 Å². The highest BCUT2D eigenvalue weighted by Gasteiger charge is 2.34. The zero-order chi connectivity index (χ0) is 36.3. The first-order valence-corrected chi connectivity index (χ1v) is 22.4. The molecule has 7 aliphatic carbocycles. The van der Waals surface area contributed by atoms with Gasteiger partial charge in [0.1, 0.15) is 0 Å². The predicted octanol–water partition coefficient (Wildman–Crippen LogP) is 10.1. The number of nitrogens with zero attached hydrogens (tertiary/aromatic N) is 1. The van der Waals surface area contributed by atoms with Gasteiger partial charge in [-0.3, -0.25) is 0 Å². The Morgan fingerprint density at radius 1 is 0.636 bits per heavy atom. The summed E-state index contributed by atoms with van der Waals surface area (Å²) >= 11 is 4.10. The normalized spacial score (nSPS) is 27.0. The Morgan fingerprint density at radius 3 is 2.38 bits per heavy atom. The summed E-state index contributed by atoms with van der Waals surface area (Å²) in [4.78, 5) is 5.74. The van der Waals surface area contributed by atoms with E-state index in [0.29, 0.717) is 23.0 Å². The Morgan fingerprint density at radius 2 is 1.51 bits per heavy atom. The highest BCUT2D eigenvalue weighted by molar-refractivity contribution is 8.00. The minimum absolute atomic E-state index is 0.289. The maximum atomic E-state index is 2.77. The zero-order valence-electron chi connectivity index (χ0n) is 31.4. The summed E-state index contributed by atoms with van der Waals surface area (Å²) in [6, 6.07) is 18.2. The largest absolute Gasteiger partial charge is 0.337 e. The molecule has 0 spiro atoms. The first kappa shape index (κ1) is 33.7.